The minimum Gasteiger partial charge on any atom is -0.453 e. The third-order valence-electron chi connectivity index (χ3n) is 2.72. The second kappa shape index (κ2) is 5.35. The molecule has 8 heteroatoms. The number of alkyl carbamates (subject to hydrolysis) is 1. The number of amides is 2. The second-order valence-electron chi connectivity index (χ2n) is 3.91. The van der Waals surface area contributed by atoms with Crippen molar-refractivity contribution in [3.8, 4) is 0 Å². The first kappa shape index (κ1) is 13.8. The van der Waals surface area contributed by atoms with Gasteiger partial charge in [0.1, 0.15) is 6.54 Å². The summed E-state index contributed by atoms with van der Waals surface area (Å²) in [6, 6.07) is -0.299. The van der Waals surface area contributed by atoms with Gasteiger partial charge >= 0.3 is 6.09 Å². The predicted molar refractivity (Wildman–Crippen MR) is 60.2 cm³/mol. The molecule has 1 saturated heterocycles. The van der Waals surface area contributed by atoms with Crippen molar-refractivity contribution in [1.29, 1.82) is 0 Å². The Hall–Kier alpha value is -1.31. The summed E-state index contributed by atoms with van der Waals surface area (Å²) in [7, 11) is -0.280. The molecule has 0 unspecified atom stereocenters. The molecule has 0 aliphatic carbocycles. The van der Waals surface area contributed by atoms with E-state index in [1.54, 1.807) is 0 Å². The van der Waals surface area contributed by atoms with Crippen LogP contribution in [0.1, 0.15) is 6.42 Å². The number of sulfone groups is 1. The Labute approximate surface area is 100 Å². The van der Waals surface area contributed by atoms with Crippen LogP contribution in [0.3, 0.4) is 0 Å². The third-order valence-corrected chi connectivity index (χ3v) is 4.47. The average Bonchev–Trinajstić information content (AvgIpc) is 2.64. The Morgan fingerprint density at radius 1 is 1.47 bits per heavy atom. The Bertz CT molecular complexity index is 406. The van der Waals surface area contributed by atoms with E-state index in [1.165, 1.54) is 19.1 Å². The number of nitrogens with one attached hydrogen (secondary N) is 1. The molecular formula is C9H16N2O5S. The second-order valence-corrected chi connectivity index (χ2v) is 6.14. The molecule has 1 aliphatic rings. The first-order chi connectivity index (χ1) is 7.85. The minimum absolute atomic E-state index is 0.00648. The van der Waals surface area contributed by atoms with Crippen molar-refractivity contribution in [1.82, 2.24) is 10.2 Å². The molecule has 7 nitrogen and oxygen atoms in total. The summed E-state index contributed by atoms with van der Waals surface area (Å²) >= 11 is 0. The van der Waals surface area contributed by atoms with E-state index in [9.17, 15) is 18.0 Å². The van der Waals surface area contributed by atoms with Crippen molar-refractivity contribution >= 4 is 21.8 Å². The Morgan fingerprint density at radius 3 is 2.59 bits per heavy atom. The fourth-order valence-corrected chi connectivity index (χ4v) is 3.40. The molecular weight excluding hydrogens is 248 g/mol. The smallest absolute Gasteiger partial charge is 0.407 e. The van der Waals surface area contributed by atoms with Gasteiger partial charge in [0, 0.05) is 13.1 Å². The first-order valence-electron chi connectivity index (χ1n) is 5.13. The molecule has 0 aromatic heterocycles. The van der Waals surface area contributed by atoms with Crippen LogP contribution in [0.25, 0.3) is 0 Å². The molecule has 98 valence electrons. The van der Waals surface area contributed by atoms with E-state index in [0.717, 1.165) is 0 Å². The molecule has 0 bridgehead atoms. The van der Waals surface area contributed by atoms with Crippen LogP contribution in [0.5, 0.6) is 0 Å². The molecule has 0 aromatic rings. The largest absolute Gasteiger partial charge is 0.453 e. The highest BCUT2D eigenvalue weighted by atomic mass is 32.2. The van der Waals surface area contributed by atoms with Crippen molar-refractivity contribution in [3.63, 3.8) is 0 Å². The van der Waals surface area contributed by atoms with E-state index < -0.39 is 15.9 Å². The number of methoxy groups -OCH3 is 1. The number of hydrogen-bond donors (Lipinski definition) is 1. The van der Waals surface area contributed by atoms with Gasteiger partial charge in [-0.15, -0.1) is 0 Å². The van der Waals surface area contributed by atoms with Gasteiger partial charge in [-0.25, -0.2) is 13.2 Å². The van der Waals surface area contributed by atoms with Crippen LogP contribution in [0.2, 0.25) is 0 Å². The monoisotopic (exact) mass is 264 g/mol. The summed E-state index contributed by atoms with van der Waals surface area (Å²) in [6.07, 6.45) is -0.242. The van der Waals surface area contributed by atoms with Crippen molar-refractivity contribution in [3.05, 3.63) is 0 Å². The van der Waals surface area contributed by atoms with Crippen LogP contribution < -0.4 is 5.32 Å². The molecule has 0 radical (unpaired) electrons. The molecule has 1 atom stereocenters. The zero-order chi connectivity index (χ0) is 13.1. The fourth-order valence-electron chi connectivity index (χ4n) is 1.63. The highest BCUT2D eigenvalue weighted by Gasteiger charge is 2.32. The maximum Gasteiger partial charge on any atom is 0.407 e. The van der Waals surface area contributed by atoms with E-state index in [0.29, 0.717) is 6.42 Å². The van der Waals surface area contributed by atoms with Crippen LogP contribution in [0, 0.1) is 0 Å². The van der Waals surface area contributed by atoms with Gasteiger partial charge < -0.3 is 15.0 Å². The topological polar surface area (TPSA) is 92.8 Å². The number of nitrogens with zero attached hydrogens (tertiary/aromatic N) is 1. The van der Waals surface area contributed by atoms with E-state index in [-0.39, 0.29) is 30.0 Å². The average molecular weight is 264 g/mol. The molecule has 0 saturated carbocycles. The Morgan fingerprint density at radius 2 is 2.12 bits per heavy atom. The van der Waals surface area contributed by atoms with Gasteiger partial charge in [-0.2, -0.15) is 0 Å². The minimum atomic E-state index is -3.02. The van der Waals surface area contributed by atoms with Crippen LogP contribution in [-0.4, -0.2) is 63.6 Å². The Balaban J connectivity index is 2.45. The van der Waals surface area contributed by atoms with Crippen molar-refractivity contribution < 1.29 is 22.7 Å². The summed E-state index contributed by atoms with van der Waals surface area (Å²) in [6.45, 7) is -0.195. The molecule has 0 spiro atoms. The van der Waals surface area contributed by atoms with Gasteiger partial charge in [0.15, 0.2) is 9.84 Å². The highest BCUT2D eigenvalue weighted by molar-refractivity contribution is 7.91. The van der Waals surface area contributed by atoms with Crippen LogP contribution in [0.15, 0.2) is 0 Å². The van der Waals surface area contributed by atoms with Crippen LogP contribution >= 0.6 is 0 Å². The third kappa shape index (κ3) is 3.88. The molecule has 17 heavy (non-hydrogen) atoms. The zero-order valence-corrected chi connectivity index (χ0v) is 10.6. The zero-order valence-electron chi connectivity index (χ0n) is 9.80. The van der Waals surface area contributed by atoms with Gasteiger partial charge in [0.05, 0.1) is 18.6 Å². The number of likely N-dealkylation sites (N-methyl/N-ethyl adjacent to an activating group) is 1. The summed E-state index contributed by atoms with van der Waals surface area (Å²) in [5.74, 6) is -0.231. The number of rotatable bonds is 3. The summed E-state index contributed by atoms with van der Waals surface area (Å²) < 4.78 is 26.8. The maximum atomic E-state index is 11.6. The fraction of sp³-hybridized carbons (Fsp3) is 0.778. The molecule has 1 heterocycles. The van der Waals surface area contributed by atoms with Crippen molar-refractivity contribution in [2.75, 3.05) is 32.2 Å². The van der Waals surface area contributed by atoms with E-state index in [1.807, 2.05) is 0 Å². The molecule has 1 fully saturated rings. The summed E-state index contributed by atoms with van der Waals surface area (Å²) in [5.41, 5.74) is 0. The number of hydrogen-bond acceptors (Lipinski definition) is 5. The van der Waals surface area contributed by atoms with Crippen molar-refractivity contribution in [2.24, 2.45) is 0 Å². The lowest BCUT2D eigenvalue weighted by Gasteiger charge is -2.23. The number of ether oxygens (including phenoxy) is 1. The van der Waals surface area contributed by atoms with Crippen molar-refractivity contribution in [2.45, 2.75) is 12.5 Å². The van der Waals surface area contributed by atoms with E-state index in [4.69, 9.17) is 0 Å². The standard InChI is InChI=1S/C9H16N2O5S/c1-11(7-3-4-17(14,15)6-7)8(12)5-10-9(13)16-2/h7H,3-6H2,1-2H3,(H,10,13)/t7-/m1/s1. The molecule has 0 aromatic carbocycles. The van der Waals surface area contributed by atoms with Crippen LogP contribution in [-0.2, 0) is 19.4 Å². The molecule has 1 aliphatic heterocycles. The predicted octanol–water partition coefficient (Wildman–Crippen LogP) is -1.01. The normalized spacial score (nSPS) is 21.9. The van der Waals surface area contributed by atoms with Gasteiger partial charge in [0.25, 0.3) is 0 Å². The quantitative estimate of drug-likeness (QED) is 0.705. The van der Waals surface area contributed by atoms with Gasteiger partial charge in [0.2, 0.25) is 5.91 Å². The number of carbonyl (C=O) groups is 2. The lowest BCUT2D eigenvalue weighted by Crippen LogP contribution is -2.43. The lowest BCUT2D eigenvalue weighted by atomic mass is 10.2. The molecule has 1 rings (SSSR count). The first-order valence-corrected chi connectivity index (χ1v) is 6.96. The van der Waals surface area contributed by atoms with Gasteiger partial charge in [-0.1, -0.05) is 0 Å². The summed E-state index contributed by atoms with van der Waals surface area (Å²) in [5, 5.41) is 2.26. The van der Waals surface area contributed by atoms with Gasteiger partial charge in [-0.05, 0) is 6.42 Å². The van der Waals surface area contributed by atoms with E-state index >= 15 is 0 Å². The molecule has 2 amide bonds. The van der Waals surface area contributed by atoms with Crippen LogP contribution in [0.4, 0.5) is 4.79 Å². The van der Waals surface area contributed by atoms with E-state index in [2.05, 4.69) is 10.1 Å². The lowest BCUT2D eigenvalue weighted by molar-refractivity contribution is -0.130. The van der Waals surface area contributed by atoms with Gasteiger partial charge in [-0.3, -0.25) is 4.79 Å². The maximum absolute atomic E-state index is 11.6. The molecule has 1 N–H and O–H groups in total. The Kier molecular flexibility index (Phi) is 4.33. The highest BCUT2D eigenvalue weighted by Crippen LogP contribution is 2.16. The SMILES string of the molecule is COC(=O)NCC(=O)N(C)[C@@H]1CCS(=O)(=O)C1. The number of carbonyl (C=O) groups excluding carboxylic acids is 2. The summed E-state index contributed by atoms with van der Waals surface area (Å²) in [4.78, 5) is 23.7.